The van der Waals surface area contributed by atoms with E-state index in [9.17, 15) is 13.2 Å². The number of nitrogens with one attached hydrogen (secondary N) is 2. The van der Waals surface area contributed by atoms with E-state index in [1.54, 1.807) is 0 Å². The predicted molar refractivity (Wildman–Crippen MR) is 79.7 cm³/mol. The zero-order chi connectivity index (χ0) is 15.5. The number of carbonyl (C=O) groups is 1. The van der Waals surface area contributed by atoms with Gasteiger partial charge in [-0.2, -0.15) is 4.31 Å². The van der Waals surface area contributed by atoms with Gasteiger partial charge in [0.2, 0.25) is 15.4 Å². The average Bonchev–Trinajstić information content (AvgIpc) is 2.89. The van der Waals surface area contributed by atoms with Crippen LogP contribution in [0.25, 0.3) is 0 Å². The van der Waals surface area contributed by atoms with Gasteiger partial charge < -0.3 is 10.6 Å². The number of sulfonamides is 1. The molecule has 1 saturated heterocycles. The van der Waals surface area contributed by atoms with Crippen LogP contribution in [-0.2, 0) is 14.8 Å². The number of aromatic nitrogens is 2. The number of amides is 1. The fraction of sp³-hybridized carbons (Fsp3) is 0.727. The minimum absolute atomic E-state index is 0.0677. The first-order chi connectivity index (χ1) is 9.95. The zero-order valence-corrected chi connectivity index (χ0v) is 13.6. The molecule has 1 aromatic heterocycles. The molecule has 2 N–H and O–H groups in total. The highest BCUT2D eigenvalue weighted by Gasteiger charge is 2.33. The van der Waals surface area contributed by atoms with E-state index in [1.165, 1.54) is 11.2 Å². The van der Waals surface area contributed by atoms with Crippen LogP contribution < -0.4 is 10.6 Å². The number of anilines is 1. The lowest BCUT2D eigenvalue weighted by atomic mass is 10.1. The van der Waals surface area contributed by atoms with Crippen LogP contribution in [0.1, 0.15) is 26.7 Å². The molecular formula is C11H19N5O3S2. The Kier molecular flexibility index (Phi) is 5.25. The van der Waals surface area contributed by atoms with E-state index in [0.29, 0.717) is 13.1 Å². The Morgan fingerprint density at radius 2 is 2.29 bits per heavy atom. The van der Waals surface area contributed by atoms with Crippen molar-refractivity contribution in [1.82, 2.24) is 19.8 Å². The number of carbonyl (C=O) groups excluding carboxylic acids is 1. The zero-order valence-electron chi connectivity index (χ0n) is 12.0. The summed E-state index contributed by atoms with van der Waals surface area (Å²) in [5, 5.41) is 13.3. The number of rotatable bonds is 5. The summed E-state index contributed by atoms with van der Waals surface area (Å²) in [5.41, 5.74) is 0. The Balaban J connectivity index is 2.21. The molecule has 1 atom stereocenters. The van der Waals surface area contributed by atoms with Gasteiger partial charge in [-0.15, -0.1) is 10.2 Å². The second kappa shape index (κ2) is 6.77. The normalized spacial score (nSPS) is 19.7. The fourth-order valence-corrected chi connectivity index (χ4v) is 5.04. The Bertz CT molecular complexity index is 595. The van der Waals surface area contributed by atoms with Gasteiger partial charge in [-0.05, 0) is 19.4 Å². The highest BCUT2D eigenvalue weighted by molar-refractivity contribution is 7.91. The maximum atomic E-state index is 12.7. The lowest BCUT2D eigenvalue weighted by Gasteiger charge is -2.32. The summed E-state index contributed by atoms with van der Waals surface area (Å²) in [6.45, 7) is 5.08. The van der Waals surface area contributed by atoms with Crippen molar-refractivity contribution in [2.75, 3.05) is 25.0 Å². The van der Waals surface area contributed by atoms with Crippen molar-refractivity contribution < 1.29 is 13.2 Å². The van der Waals surface area contributed by atoms with Crippen molar-refractivity contribution in [3.05, 3.63) is 0 Å². The Morgan fingerprint density at radius 3 is 2.86 bits per heavy atom. The lowest BCUT2D eigenvalue weighted by Crippen LogP contribution is -2.48. The summed E-state index contributed by atoms with van der Waals surface area (Å²) in [5.74, 6) is -0.307. The van der Waals surface area contributed by atoms with Crippen LogP contribution in [0.15, 0.2) is 4.34 Å². The van der Waals surface area contributed by atoms with E-state index < -0.39 is 10.0 Å². The van der Waals surface area contributed by atoms with Crippen molar-refractivity contribution in [2.45, 2.75) is 37.1 Å². The van der Waals surface area contributed by atoms with Gasteiger partial charge in [-0.1, -0.05) is 18.3 Å². The van der Waals surface area contributed by atoms with E-state index in [-0.39, 0.29) is 21.4 Å². The molecule has 1 unspecified atom stereocenters. The van der Waals surface area contributed by atoms with Crippen molar-refractivity contribution in [3.8, 4) is 0 Å². The van der Waals surface area contributed by atoms with Gasteiger partial charge in [-0.25, -0.2) is 8.42 Å². The third kappa shape index (κ3) is 3.76. The van der Waals surface area contributed by atoms with Crippen LogP contribution in [0, 0.1) is 0 Å². The molecule has 0 aliphatic carbocycles. The molecule has 0 radical (unpaired) electrons. The van der Waals surface area contributed by atoms with Crippen LogP contribution in [0.4, 0.5) is 5.13 Å². The number of piperidine rings is 1. The smallest absolute Gasteiger partial charge is 0.272 e. The monoisotopic (exact) mass is 333 g/mol. The molecule has 2 heterocycles. The number of likely N-dealkylation sites (N-methyl/N-ethyl adjacent to an activating group) is 1. The van der Waals surface area contributed by atoms with Crippen molar-refractivity contribution in [3.63, 3.8) is 0 Å². The summed E-state index contributed by atoms with van der Waals surface area (Å²) >= 11 is 0.872. The number of hydrogen-bond donors (Lipinski definition) is 2. The minimum Gasteiger partial charge on any atom is -0.315 e. The van der Waals surface area contributed by atoms with Crippen LogP contribution in [0.3, 0.4) is 0 Å². The van der Waals surface area contributed by atoms with Gasteiger partial charge in [0, 0.05) is 26.1 Å². The highest BCUT2D eigenvalue weighted by atomic mass is 32.2. The molecule has 1 fully saturated rings. The predicted octanol–water partition coefficient (Wildman–Crippen LogP) is 0.259. The third-order valence-electron chi connectivity index (χ3n) is 3.21. The van der Waals surface area contributed by atoms with Gasteiger partial charge in [0.1, 0.15) is 0 Å². The molecular weight excluding hydrogens is 314 g/mol. The van der Waals surface area contributed by atoms with E-state index in [2.05, 4.69) is 20.8 Å². The van der Waals surface area contributed by atoms with Crippen LogP contribution in [0.2, 0.25) is 0 Å². The summed E-state index contributed by atoms with van der Waals surface area (Å²) < 4.78 is 26.7. The van der Waals surface area contributed by atoms with Crippen LogP contribution >= 0.6 is 11.3 Å². The van der Waals surface area contributed by atoms with Crippen molar-refractivity contribution in [1.29, 1.82) is 0 Å². The molecule has 1 aromatic rings. The van der Waals surface area contributed by atoms with Gasteiger partial charge in [0.25, 0.3) is 10.0 Å². The summed E-state index contributed by atoms with van der Waals surface area (Å²) in [6.07, 6.45) is 1.78. The van der Waals surface area contributed by atoms with Gasteiger partial charge in [-0.3, -0.25) is 4.79 Å². The fourth-order valence-electron chi connectivity index (χ4n) is 2.32. The minimum atomic E-state index is -3.68. The van der Waals surface area contributed by atoms with Gasteiger partial charge >= 0.3 is 0 Å². The molecule has 2 rings (SSSR count). The molecule has 1 aliphatic rings. The number of nitrogens with zero attached hydrogens (tertiary/aromatic N) is 3. The molecule has 21 heavy (non-hydrogen) atoms. The average molecular weight is 333 g/mol. The Labute approximate surface area is 128 Å². The molecule has 1 aliphatic heterocycles. The van der Waals surface area contributed by atoms with Gasteiger partial charge in [0.15, 0.2) is 0 Å². The van der Waals surface area contributed by atoms with Crippen LogP contribution in [0.5, 0.6) is 0 Å². The molecule has 8 nitrogen and oxygen atoms in total. The second-order valence-electron chi connectivity index (χ2n) is 4.76. The summed E-state index contributed by atoms with van der Waals surface area (Å²) in [4.78, 5) is 11.0. The first kappa shape index (κ1) is 16.3. The maximum Gasteiger partial charge on any atom is 0.272 e. The molecule has 10 heteroatoms. The van der Waals surface area contributed by atoms with Gasteiger partial charge in [0.05, 0.1) is 0 Å². The summed E-state index contributed by atoms with van der Waals surface area (Å²) in [6, 6.07) is -0.0677. The molecule has 0 spiro atoms. The van der Waals surface area contributed by atoms with E-state index in [1.807, 2.05) is 6.92 Å². The topological polar surface area (TPSA) is 104 Å². The SMILES string of the molecule is CCN(C1CCCNC1)S(=O)(=O)c1nnc(NC(C)=O)s1. The molecule has 0 saturated carbocycles. The lowest BCUT2D eigenvalue weighted by molar-refractivity contribution is -0.114. The standard InChI is InChI=1S/C11H19N5O3S2/c1-3-16(9-5-4-6-12-7-9)21(18,19)11-15-14-10(20-11)13-8(2)17/h9,12H,3-7H2,1-2H3,(H,13,14,17). The quantitative estimate of drug-likeness (QED) is 0.749. The highest BCUT2D eigenvalue weighted by Crippen LogP contribution is 2.26. The largest absolute Gasteiger partial charge is 0.315 e. The first-order valence-corrected chi connectivity index (χ1v) is 9.04. The maximum absolute atomic E-state index is 12.7. The molecule has 1 amide bonds. The second-order valence-corrected chi connectivity index (χ2v) is 7.80. The molecule has 118 valence electrons. The van der Waals surface area contributed by atoms with E-state index >= 15 is 0 Å². The molecule has 0 aromatic carbocycles. The van der Waals surface area contributed by atoms with Crippen molar-refractivity contribution in [2.24, 2.45) is 0 Å². The van der Waals surface area contributed by atoms with Crippen molar-refractivity contribution >= 4 is 32.4 Å². The van der Waals surface area contributed by atoms with Crippen LogP contribution in [-0.4, -0.2) is 54.5 Å². The third-order valence-corrected chi connectivity index (χ3v) is 6.42. The summed E-state index contributed by atoms with van der Waals surface area (Å²) in [7, 11) is -3.68. The Hall–Kier alpha value is -1.10. The van der Waals surface area contributed by atoms with E-state index in [0.717, 1.165) is 30.7 Å². The first-order valence-electron chi connectivity index (χ1n) is 6.78. The molecule has 0 bridgehead atoms. The number of hydrogen-bond acceptors (Lipinski definition) is 7. The Morgan fingerprint density at radius 1 is 1.52 bits per heavy atom. The van der Waals surface area contributed by atoms with E-state index in [4.69, 9.17) is 0 Å².